The highest BCUT2D eigenvalue weighted by Gasteiger charge is 2.41. The van der Waals surface area contributed by atoms with Crippen molar-refractivity contribution in [2.45, 2.75) is 57.8 Å². The topological polar surface area (TPSA) is 88.9 Å². The van der Waals surface area contributed by atoms with E-state index >= 15 is 0 Å². The van der Waals surface area contributed by atoms with E-state index in [-0.39, 0.29) is 6.09 Å². The van der Waals surface area contributed by atoms with Crippen molar-refractivity contribution in [1.82, 2.24) is 4.90 Å². The SMILES string of the molecule is Cc1cc(C(N)C2(O)CCN(C(=O)OC(C)(C)C)CC2)co1. The van der Waals surface area contributed by atoms with Gasteiger partial charge in [0.05, 0.1) is 17.9 Å². The lowest BCUT2D eigenvalue weighted by Crippen LogP contribution is -2.52. The van der Waals surface area contributed by atoms with Crippen molar-refractivity contribution in [1.29, 1.82) is 0 Å². The number of carbonyl (C=O) groups is 1. The number of carbonyl (C=O) groups excluding carboxylic acids is 1. The number of hydrogen-bond donors (Lipinski definition) is 2. The molecule has 1 unspecified atom stereocenters. The fraction of sp³-hybridized carbons (Fsp3) is 0.688. The maximum absolute atomic E-state index is 12.0. The summed E-state index contributed by atoms with van der Waals surface area (Å²) in [6, 6.07) is 1.31. The van der Waals surface area contributed by atoms with Crippen LogP contribution in [0.2, 0.25) is 0 Å². The number of nitrogens with two attached hydrogens (primary N) is 1. The zero-order valence-corrected chi connectivity index (χ0v) is 13.8. The molecule has 1 aromatic rings. The van der Waals surface area contributed by atoms with Crippen LogP contribution in [0.25, 0.3) is 0 Å². The van der Waals surface area contributed by atoms with Gasteiger partial charge in [0.2, 0.25) is 0 Å². The number of aryl methyl sites for hydroxylation is 1. The molecule has 0 saturated carbocycles. The third-order valence-electron chi connectivity index (χ3n) is 3.97. The second kappa shape index (κ2) is 5.93. The van der Waals surface area contributed by atoms with E-state index in [9.17, 15) is 9.90 Å². The maximum Gasteiger partial charge on any atom is 0.410 e. The number of furan rings is 1. The highest BCUT2D eigenvalue weighted by molar-refractivity contribution is 5.68. The Morgan fingerprint density at radius 1 is 1.45 bits per heavy atom. The van der Waals surface area contributed by atoms with E-state index in [1.165, 1.54) is 0 Å². The molecule has 1 aliphatic heterocycles. The van der Waals surface area contributed by atoms with Crippen LogP contribution in [0, 0.1) is 6.92 Å². The first kappa shape index (κ1) is 16.8. The molecule has 3 N–H and O–H groups in total. The number of rotatable bonds is 2. The van der Waals surface area contributed by atoms with Crippen LogP contribution in [0.1, 0.15) is 51.0 Å². The number of piperidine rings is 1. The van der Waals surface area contributed by atoms with Gasteiger partial charge in [-0.2, -0.15) is 0 Å². The fourth-order valence-corrected chi connectivity index (χ4v) is 2.65. The largest absolute Gasteiger partial charge is 0.469 e. The first-order chi connectivity index (χ1) is 10.1. The average Bonchev–Trinajstić information content (AvgIpc) is 2.83. The first-order valence-electron chi connectivity index (χ1n) is 7.62. The van der Waals surface area contributed by atoms with Crippen LogP contribution < -0.4 is 5.73 Å². The van der Waals surface area contributed by atoms with E-state index in [0.29, 0.717) is 25.9 Å². The first-order valence-corrected chi connectivity index (χ1v) is 7.62. The molecule has 0 radical (unpaired) electrons. The molecule has 1 aliphatic rings. The highest BCUT2D eigenvalue weighted by Crippen LogP contribution is 2.34. The molecule has 1 aromatic heterocycles. The van der Waals surface area contributed by atoms with Crippen molar-refractivity contribution < 1.29 is 19.1 Å². The van der Waals surface area contributed by atoms with E-state index < -0.39 is 17.2 Å². The van der Waals surface area contributed by atoms with Gasteiger partial charge >= 0.3 is 6.09 Å². The Balaban J connectivity index is 1.97. The van der Waals surface area contributed by atoms with E-state index in [0.717, 1.165) is 11.3 Å². The van der Waals surface area contributed by atoms with Crippen LogP contribution in [0.3, 0.4) is 0 Å². The summed E-state index contributed by atoms with van der Waals surface area (Å²) in [6.07, 6.45) is 2.07. The molecule has 0 bridgehead atoms. The molecular weight excluding hydrogens is 284 g/mol. The minimum atomic E-state index is -1.03. The quantitative estimate of drug-likeness (QED) is 0.875. The lowest BCUT2D eigenvalue weighted by molar-refractivity contribution is -0.0477. The summed E-state index contributed by atoms with van der Waals surface area (Å²) in [4.78, 5) is 13.7. The fourth-order valence-electron chi connectivity index (χ4n) is 2.65. The summed E-state index contributed by atoms with van der Waals surface area (Å²) in [5, 5.41) is 10.8. The highest BCUT2D eigenvalue weighted by atomic mass is 16.6. The van der Waals surface area contributed by atoms with Crippen LogP contribution in [-0.4, -0.2) is 40.4 Å². The van der Waals surface area contributed by atoms with Gasteiger partial charge in [-0.05, 0) is 46.6 Å². The molecule has 0 spiro atoms. The molecule has 22 heavy (non-hydrogen) atoms. The Morgan fingerprint density at radius 2 is 2.05 bits per heavy atom. The van der Waals surface area contributed by atoms with Crippen molar-refractivity contribution in [3.05, 3.63) is 23.7 Å². The lowest BCUT2D eigenvalue weighted by atomic mass is 9.82. The number of nitrogens with zero attached hydrogens (tertiary/aromatic N) is 1. The molecule has 6 nitrogen and oxygen atoms in total. The van der Waals surface area contributed by atoms with Crippen LogP contribution in [0.4, 0.5) is 4.79 Å². The van der Waals surface area contributed by atoms with Gasteiger partial charge in [0.25, 0.3) is 0 Å². The van der Waals surface area contributed by atoms with Gasteiger partial charge in [-0.25, -0.2) is 4.79 Å². The monoisotopic (exact) mass is 310 g/mol. The Bertz CT molecular complexity index is 524. The zero-order chi connectivity index (χ0) is 16.5. The van der Waals surface area contributed by atoms with Gasteiger partial charge < -0.3 is 24.9 Å². The van der Waals surface area contributed by atoms with Gasteiger partial charge in [-0.15, -0.1) is 0 Å². The minimum Gasteiger partial charge on any atom is -0.469 e. The van der Waals surface area contributed by atoms with Crippen molar-refractivity contribution in [2.24, 2.45) is 5.73 Å². The van der Waals surface area contributed by atoms with Crippen LogP contribution in [0.5, 0.6) is 0 Å². The van der Waals surface area contributed by atoms with E-state index in [2.05, 4.69) is 0 Å². The summed E-state index contributed by atoms with van der Waals surface area (Å²) in [6.45, 7) is 8.20. The Morgan fingerprint density at radius 3 is 2.50 bits per heavy atom. The van der Waals surface area contributed by atoms with E-state index in [1.807, 2.05) is 33.8 Å². The molecule has 1 atom stereocenters. The Hall–Kier alpha value is -1.53. The number of hydrogen-bond acceptors (Lipinski definition) is 5. The second-order valence-corrected chi connectivity index (χ2v) is 7.04. The third kappa shape index (κ3) is 3.81. The van der Waals surface area contributed by atoms with Crippen LogP contribution in [-0.2, 0) is 4.74 Å². The molecule has 1 fully saturated rings. The maximum atomic E-state index is 12.0. The molecular formula is C16H26N2O4. The van der Waals surface area contributed by atoms with Crippen molar-refractivity contribution in [2.75, 3.05) is 13.1 Å². The molecule has 2 heterocycles. The zero-order valence-electron chi connectivity index (χ0n) is 13.8. The predicted molar refractivity (Wildman–Crippen MR) is 82.4 cm³/mol. The summed E-state index contributed by atoms with van der Waals surface area (Å²) in [5.74, 6) is 0.764. The second-order valence-electron chi connectivity index (χ2n) is 7.04. The lowest BCUT2D eigenvalue weighted by Gasteiger charge is -2.41. The third-order valence-corrected chi connectivity index (χ3v) is 3.97. The molecule has 1 saturated heterocycles. The Labute approximate surface area is 131 Å². The number of amides is 1. The molecule has 1 amide bonds. The van der Waals surface area contributed by atoms with Crippen molar-refractivity contribution >= 4 is 6.09 Å². The molecule has 2 rings (SSSR count). The molecule has 0 aliphatic carbocycles. The van der Waals surface area contributed by atoms with Crippen LogP contribution >= 0.6 is 0 Å². The van der Waals surface area contributed by atoms with Crippen LogP contribution in [0.15, 0.2) is 16.7 Å². The summed E-state index contributed by atoms with van der Waals surface area (Å²) < 4.78 is 10.6. The Kier molecular flexibility index (Phi) is 4.54. The normalized spacial score (nSPS) is 19.8. The van der Waals surface area contributed by atoms with E-state index in [1.54, 1.807) is 11.2 Å². The summed E-state index contributed by atoms with van der Waals surface area (Å²) in [7, 11) is 0. The molecule has 6 heteroatoms. The molecule has 0 aromatic carbocycles. The van der Waals surface area contributed by atoms with Gasteiger partial charge in [-0.3, -0.25) is 0 Å². The van der Waals surface area contributed by atoms with Gasteiger partial charge in [0.1, 0.15) is 11.4 Å². The summed E-state index contributed by atoms with van der Waals surface area (Å²) in [5.41, 5.74) is 5.43. The predicted octanol–water partition coefficient (Wildman–Crippen LogP) is 2.35. The van der Waals surface area contributed by atoms with Gasteiger partial charge in [-0.1, -0.05) is 0 Å². The van der Waals surface area contributed by atoms with Crippen molar-refractivity contribution in [3.8, 4) is 0 Å². The van der Waals surface area contributed by atoms with Gasteiger partial charge in [0, 0.05) is 18.7 Å². The van der Waals surface area contributed by atoms with Gasteiger partial charge in [0.15, 0.2) is 0 Å². The summed E-state index contributed by atoms with van der Waals surface area (Å²) >= 11 is 0. The van der Waals surface area contributed by atoms with Crippen molar-refractivity contribution in [3.63, 3.8) is 0 Å². The molecule has 124 valence electrons. The number of likely N-dealkylation sites (tertiary alicyclic amines) is 1. The number of aliphatic hydroxyl groups is 1. The minimum absolute atomic E-state index is 0.345. The smallest absolute Gasteiger partial charge is 0.410 e. The van der Waals surface area contributed by atoms with E-state index in [4.69, 9.17) is 14.9 Å². The standard InChI is InChI=1S/C16H26N2O4/c1-11-9-12(10-21-11)13(17)16(20)5-7-18(8-6-16)14(19)22-15(2,3)4/h9-10,13,20H,5-8,17H2,1-4H3. The average molecular weight is 310 g/mol. The number of ether oxygens (including phenoxy) is 1.